The molecule has 0 saturated heterocycles. The number of dihydropyridines is 1. The SMILES string of the molecule is Cc1c(COc2cc(OCC3=CC(C#N)=CNC3)c(CN[C@@H](CO)C(=O)O)cc2Cl)cccc1-c1ccc2c(c1C)OCCO2. The largest absolute Gasteiger partial charge is 0.489 e. The van der Waals surface area contributed by atoms with Gasteiger partial charge in [0, 0.05) is 36.5 Å². The molecule has 2 heterocycles. The van der Waals surface area contributed by atoms with Gasteiger partial charge in [0.25, 0.3) is 0 Å². The lowest BCUT2D eigenvalue weighted by Gasteiger charge is -2.23. The highest BCUT2D eigenvalue weighted by atomic mass is 35.5. The first-order valence-corrected chi connectivity index (χ1v) is 14.8. The van der Waals surface area contributed by atoms with Gasteiger partial charge in [0.1, 0.15) is 50.0 Å². The maximum absolute atomic E-state index is 11.4. The van der Waals surface area contributed by atoms with Crippen LogP contribution >= 0.6 is 11.6 Å². The van der Waals surface area contributed by atoms with Gasteiger partial charge in [-0.2, -0.15) is 5.26 Å². The third kappa shape index (κ3) is 7.35. The second-order valence-corrected chi connectivity index (χ2v) is 11.1. The van der Waals surface area contributed by atoms with E-state index < -0.39 is 18.6 Å². The van der Waals surface area contributed by atoms with Crippen molar-refractivity contribution in [1.29, 1.82) is 5.26 Å². The fourth-order valence-electron chi connectivity index (χ4n) is 5.19. The second kappa shape index (κ2) is 14.4. The minimum absolute atomic E-state index is 0.0730. The molecule has 0 spiro atoms. The van der Waals surface area contributed by atoms with E-state index in [2.05, 4.69) is 22.8 Å². The Balaban J connectivity index is 1.38. The van der Waals surface area contributed by atoms with Crippen LogP contribution in [-0.4, -0.2) is 55.2 Å². The van der Waals surface area contributed by atoms with Gasteiger partial charge in [-0.3, -0.25) is 10.1 Å². The number of nitriles is 1. The average Bonchev–Trinajstić information content (AvgIpc) is 3.05. The molecule has 0 amide bonds. The first-order valence-electron chi connectivity index (χ1n) is 14.4. The number of aliphatic carboxylic acids is 1. The number of carboxylic acid groups (broad SMARTS) is 1. The molecule has 2 aliphatic heterocycles. The Morgan fingerprint density at radius 3 is 2.62 bits per heavy atom. The number of ether oxygens (including phenoxy) is 4. The van der Waals surface area contributed by atoms with E-state index in [0.717, 1.165) is 44.9 Å². The molecule has 5 rings (SSSR count). The number of hydrogen-bond donors (Lipinski definition) is 4. The zero-order chi connectivity index (χ0) is 31.9. The lowest BCUT2D eigenvalue weighted by Crippen LogP contribution is -2.39. The second-order valence-electron chi connectivity index (χ2n) is 10.7. The van der Waals surface area contributed by atoms with Crippen molar-refractivity contribution in [3.8, 4) is 40.2 Å². The highest BCUT2D eigenvalue weighted by Crippen LogP contribution is 2.41. The number of fused-ring (bicyclic) bond motifs is 1. The molecule has 10 nitrogen and oxygen atoms in total. The Labute approximate surface area is 266 Å². The number of nitrogens with one attached hydrogen (secondary N) is 2. The number of carbonyl (C=O) groups is 1. The molecule has 3 aromatic carbocycles. The number of hydrogen-bond acceptors (Lipinski definition) is 9. The monoisotopic (exact) mass is 631 g/mol. The molecule has 0 aromatic heterocycles. The van der Waals surface area contributed by atoms with Crippen LogP contribution in [0.4, 0.5) is 0 Å². The third-order valence-corrected chi connectivity index (χ3v) is 7.99. The van der Waals surface area contributed by atoms with Crippen molar-refractivity contribution in [1.82, 2.24) is 10.6 Å². The summed E-state index contributed by atoms with van der Waals surface area (Å²) in [6, 6.07) is 14.3. The van der Waals surface area contributed by atoms with Crippen molar-refractivity contribution in [2.75, 3.05) is 33.0 Å². The van der Waals surface area contributed by atoms with Gasteiger partial charge in [-0.05, 0) is 59.9 Å². The maximum Gasteiger partial charge on any atom is 0.323 e. The predicted molar refractivity (Wildman–Crippen MR) is 169 cm³/mol. The zero-order valence-corrected chi connectivity index (χ0v) is 25.7. The molecule has 0 bridgehead atoms. The van der Waals surface area contributed by atoms with E-state index in [-0.39, 0.29) is 19.8 Å². The Morgan fingerprint density at radius 2 is 1.84 bits per heavy atom. The van der Waals surface area contributed by atoms with Gasteiger partial charge in [-0.25, -0.2) is 0 Å². The first-order chi connectivity index (χ1) is 21.8. The van der Waals surface area contributed by atoms with Crippen LogP contribution in [0, 0.1) is 25.2 Å². The van der Waals surface area contributed by atoms with Gasteiger partial charge in [-0.1, -0.05) is 35.9 Å². The molecule has 0 aliphatic carbocycles. The van der Waals surface area contributed by atoms with E-state index in [1.54, 1.807) is 24.4 Å². The van der Waals surface area contributed by atoms with E-state index in [1.165, 1.54) is 0 Å². The molecule has 0 saturated carbocycles. The minimum Gasteiger partial charge on any atom is -0.489 e. The highest BCUT2D eigenvalue weighted by molar-refractivity contribution is 6.32. The van der Waals surface area contributed by atoms with Gasteiger partial charge in [-0.15, -0.1) is 0 Å². The van der Waals surface area contributed by atoms with Crippen molar-refractivity contribution in [2.24, 2.45) is 0 Å². The summed E-state index contributed by atoms with van der Waals surface area (Å²) in [7, 11) is 0. The van der Waals surface area contributed by atoms with Crippen molar-refractivity contribution >= 4 is 17.6 Å². The fourth-order valence-corrected chi connectivity index (χ4v) is 5.43. The first kappa shape index (κ1) is 31.7. The van der Waals surface area contributed by atoms with Crippen molar-refractivity contribution < 1.29 is 34.0 Å². The molecule has 1 atom stereocenters. The van der Waals surface area contributed by atoms with Crippen LogP contribution in [0.5, 0.6) is 23.0 Å². The van der Waals surface area contributed by atoms with E-state index in [1.807, 2.05) is 38.1 Å². The van der Waals surface area contributed by atoms with Gasteiger partial charge in [0.15, 0.2) is 11.5 Å². The molecule has 3 aromatic rings. The van der Waals surface area contributed by atoms with E-state index in [9.17, 15) is 20.3 Å². The van der Waals surface area contributed by atoms with Crippen molar-refractivity contribution in [3.63, 3.8) is 0 Å². The fraction of sp³-hybridized carbons (Fsp3) is 0.294. The number of halogens is 1. The maximum atomic E-state index is 11.4. The molecule has 2 aliphatic rings. The smallest absolute Gasteiger partial charge is 0.323 e. The van der Waals surface area contributed by atoms with E-state index in [0.29, 0.717) is 47.4 Å². The van der Waals surface area contributed by atoms with Crippen LogP contribution in [0.2, 0.25) is 5.02 Å². The van der Waals surface area contributed by atoms with Gasteiger partial charge in [0.2, 0.25) is 0 Å². The van der Waals surface area contributed by atoms with Gasteiger partial charge < -0.3 is 34.5 Å². The topological polar surface area (TPSA) is 142 Å². The Morgan fingerprint density at radius 1 is 1.07 bits per heavy atom. The number of nitrogens with zero attached hydrogens (tertiary/aromatic N) is 1. The van der Waals surface area contributed by atoms with Crippen LogP contribution in [0.3, 0.4) is 0 Å². The molecule has 0 fully saturated rings. The molecule has 11 heteroatoms. The standard InChI is InChI=1S/C34H34ClN3O7/c1-20-24(4-3-5-26(20)27-6-7-30-33(21(27)2)43-9-8-42-30)19-45-32-12-31(44-18-23-10-22(13-36)14-37-15-23)25(11-28(32)35)16-38-29(17-39)34(40)41/h3-7,10-12,14,29,37-39H,8-9,15-19H2,1-2H3,(H,40,41)/t29-/m0/s1. The summed E-state index contributed by atoms with van der Waals surface area (Å²) in [6.07, 6.45) is 3.40. The number of aliphatic hydroxyl groups excluding tert-OH is 1. The third-order valence-electron chi connectivity index (χ3n) is 7.70. The van der Waals surface area contributed by atoms with Crippen LogP contribution in [-0.2, 0) is 17.9 Å². The number of aliphatic hydroxyl groups is 1. The average molecular weight is 632 g/mol. The van der Waals surface area contributed by atoms with Crippen LogP contribution in [0.1, 0.15) is 22.3 Å². The minimum atomic E-state index is -1.18. The molecular formula is C34H34ClN3O7. The van der Waals surface area contributed by atoms with Crippen LogP contribution in [0.25, 0.3) is 11.1 Å². The summed E-state index contributed by atoms with van der Waals surface area (Å²) >= 11 is 6.66. The molecule has 234 valence electrons. The normalized spacial score (nSPS) is 14.4. The number of rotatable bonds is 12. The number of carboxylic acids is 1. The lowest BCUT2D eigenvalue weighted by molar-refractivity contribution is -0.140. The summed E-state index contributed by atoms with van der Waals surface area (Å²) in [5.41, 5.74) is 7.05. The van der Waals surface area contributed by atoms with Gasteiger partial charge in [0.05, 0.1) is 17.2 Å². The van der Waals surface area contributed by atoms with Crippen molar-refractivity contribution in [3.05, 3.63) is 93.2 Å². The lowest BCUT2D eigenvalue weighted by atomic mass is 9.93. The summed E-state index contributed by atoms with van der Waals surface area (Å²) < 4.78 is 24.0. The predicted octanol–water partition coefficient (Wildman–Crippen LogP) is 4.83. The quantitative estimate of drug-likeness (QED) is 0.220. The summed E-state index contributed by atoms with van der Waals surface area (Å²) in [4.78, 5) is 11.4. The molecule has 0 unspecified atom stereocenters. The van der Waals surface area contributed by atoms with Gasteiger partial charge >= 0.3 is 5.97 Å². The number of allylic oxidation sites excluding steroid dienone is 2. The molecular weight excluding hydrogens is 598 g/mol. The summed E-state index contributed by atoms with van der Waals surface area (Å²) in [5, 5.41) is 34.2. The zero-order valence-electron chi connectivity index (χ0n) is 25.0. The van der Waals surface area contributed by atoms with Crippen molar-refractivity contribution in [2.45, 2.75) is 33.0 Å². The van der Waals surface area contributed by atoms with E-state index in [4.69, 9.17) is 30.5 Å². The summed E-state index contributed by atoms with van der Waals surface area (Å²) in [5.74, 6) is 1.15. The highest BCUT2D eigenvalue weighted by Gasteiger charge is 2.21. The van der Waals surface area contributed by atoms with Crippen LogP contribution in [0.15, 0.2) is 65.9 Å². The molecule has 45 heavy (non-hydrogen) atoms. The Hall–Kier alpha value is -4.69. The molecule has 4 N–H and O–H groups in total. The molecule has 0 radical (unpaired) electrons. The Kier molecular flexibility index (Phi) is 10.1. The van der Waals surface area contributed by atoms with E-state index >= 15 is 0 Å². The number of benzene rings is 3. The Bertz CT molecular complexity index is 1700. The summed E-state index contributed by atoms with van der Waals surface area (Å²) in [6.45, 7) is 5.54. The van der Waals surface area contributed by atoms with Crippen LogP contribution < -0.4 is 29.6 Å².